The molecule has 10 nitrogen and oxygen atoms in total. The zero-order valence-electron chi connectivity index (χ0n) is 15.1. The van der Waals surface area contributed by atoms with Crippen LogP contribution in [0.1, 0.15) is 38.1 Å². The van der Waals surface area contributed by atoms with E-state index in [2.05, 4.69) is 25.7 Å². The molecule has 1 aromatic rings. The maximum absolute atomic E-state index is 11.7. The van der Waals surface area contributed by atoms with Crippen molar-refractivity contribution in [3.63, 3.8) is 0 Å². The second kappa shape index (κ2) is 7.51. The summed E-state index contributed by atoms with van der Waals surface area (Å²) in [5.41, 5.74) is 0. The van der Waals surface area contributed by atoms with Gasteiger partial charge in [0.15, 0.2) is 0 Å². The van der Waals surface area contributed by atoms with Crippen molar-refractivity contribution in [2.75, 3.05) is 19.6 Å². The number of fused-ring (bicyclic) bond motifs is 1. The molecular weight excluding hydrogens is 352 g/mol. The summed E-state index contributed by atoms with van der Waals surface area (Å²) in [6.07, 6.45) is 5.85. The smallest absolute Gasteiger partial charge is 0.321 e. The normalized spacial score (nSPS) is 37.0. The van der Waals surface area contributed by atoms with Crippen molar-refractivity contribution in [2.24, 2.45) is 17.8 Å². The van der Waals surface area contributed by atoms with E-state index >= 15 is 0 Å². The number of piperidine rings is 1. The number of carboxylic acid groups (broad SMARTS) is 2. The van der Waals surface area contributed by atoms with Crippen LogP contribution in [0.15, 0.2) is 6.33 Å². The van der Waals surface area contributed by atoms with Gasteiger partial charge in [0.25, 0.3) is 0 Å². The number of aromatic nitrogens is 4. The van der Waals surface area contributed by atoms with Crippen LogP contribution < -0.4 is 5.32 Å². The minimum Gasteiger partial charge on any atom is -0.480 e. The Morgan fingerprint density at radius 1 is 1.11 bits per heavy atom. The van der Waals surface area contributed by atoms with Crippen LogP contribution in [0, 0.1) is 17.8 Å². The highest BCUT2D eigenvalue weighted by atomic mass is 16.4. The van der Waals surface area contributed by atoms with Gasteiger partial charge in [-0.2, -0.15) is 0 Å². The third kappa shape index (κ3) is 3.81. The van der Waals surface area contributed by atoms with Crippen LogP contribution >= 0.6 is 0 Å². The maximum Gasteiger partial charge on any atom is 0.321 e. The average Bonchev–Trinajstić information content (AvgIpc) is 3.30. The number of carbonyl (C=O) groups is 2. The molecule has 3 aliphatic rings. The Balaban J connectivity index is 1.39. The van der Waals surface area contributed by atoms with Crippen LogP contribution in [-0.4, -0.2) is 79.0 Å². The van der Waals surface area contributed by atoms with E-state index in [0.717, 1.165) is 32.4 Å². The Bertz CT molecular complexity index is 683. The number of tetrazole rings is 1. The highest BCUT2D eigenvalue weighted by Crippen LogP contribution is 2.40. The highest BCUT2D eigenvalue weighted by molar-refractivity contribution is 5.74. The van der Waals surface area contributed by atoms with Crippen LogP contribution in [-0.2, 0) is 9.59 Å². The van der Waals surface area contributed by atoms with E-state index in [1.54, 1.807) is 11.0 Å². The van der Waals surface area contributed by atoms with Crippen LogP contribution in [0.2, 0.25) is 0 Å². The lowest BCUT2D eigenvalue weighted by molar-refractivity contribution is -0.143. The van der Waals surface area contributed by atoms with Crippen molar-refractivity contribution in [1.29, 1.82) is 0 Å². The Morgan fingerprint density at radius 2 is 1.96 bits per heavy atom. The monoisotopic (exact) mass is 378 g/mol. The van der Waals surface area contributed by atoms with Crippen molar-refractivity contribution in [3.8, 4) is 0 Å². The van der Waals surface area contributed by atoms with Gasteiger partial charge in [0.05, 0.1) is 6.04 Å². The maximum atomic E-state index is 11.7. The van der Waals surface area contributed by atoms with E-state index in [-0.39, 0.29) is 6.04 Å². The Kier molecular flexibility index (Phi) is 5.09. The third-order valence-electron chi connectivity index (χ3n) is 6.61. The number of hydrogen-bond donors (Lipinski definition) is 3. The fourth-order valence-electron chi connectivity index (χ4n) is 5.21. The summed E-state index contributed by atoms with van der Waals surface area (Å²) in [5.74, 6) is -0.211. The zero-order chi connectivity index (χ0) is 19.0. The molecule has 3 N–H and O–H groups in total. The summed E-state index contributed by atoms with van der Waals surface area (Å²) in [6, 6.07) is -0.989. The SMILES string of the molecule is O=C(O)[C@@H]1C[C@H]2C[C@@H](CN3C[C@@H](n4cnnn4)C[C@H]3C(=O)O)CC[C@H]2CN1. The van der Waals surface area contributed by atoms with E-state index in [9.17, 15) is 19.8 Å². The lowest BCUT2D eigenvalue weighted by atomic mass is 9.69. The quantitative estimate of drug-likeness (QED) is 0.639. The van der Waals surface area contributed by atoms with Gasteiger partial charge in [-0.05, 0) is 66.8 Å². The molecule has 2 saturated heterocycles. The number of rotatable bonds is 5. The molecule has 1 aliphatic carbocycles. The number of aliphatic carboxylic acids is 2. The standard InChI is InChI=1S/C17H26N6O4/c24-16(25)14-4-12-3-10(1-2-11(12)6-18-14)7-22-8-13(5-15(22)17(26)27)23-9-19-20-21-23/h9-15,18H,1-8H2,(H,24,25)(H,26,27)/t10-,11-,12+,13-,14-,15-/m0/s1. The summed E-state index contributed by atoms with van der Waals surface area (Å²) < 4.78 is 1.65. The minimum atomic E-state index is -0.799. The molecule has 27 heavy (non-hydrogen) atoms. The van der Waals surface area contributed by atoms with Crippen LogP contribution in [0.5, 0.6) is 0 Å². The lowest BCUT2D eigenvalue weighted by Gasteiger charge is -2.42. The summed E-state index contributed by atoms with van der Waals surface area (Å²) in [6.45, 7) is 2.15. The molecule has 0 radical (unpaired) electrons. The molecule has 0 amide bonds. The Labute approximate surface area is 156 Å². The molecule has 1 saturated carbocycles. The van der Waals surface area contributed by atoms with Gasteiger partial charge in [0.1, 0.15) is 18.4 Å². The van der Waals surface area contributed by atoms with Gasteiger partial charge in [-0.3, -0.25) is 14.5 Å². The zero-order valence-corrected chi connectivity index (χ0v) is 15.1. The van der Waals surface area contributed by atoms with Crippen LogP contribution in [0.25, 0.3) is 0 Å². The molecule has 0 aromatic carbocycles. The largest absolute Gasteiger partial charge is 0.480 e. The van der Waals surface area contributed by atoms with E-state index in [1.165, 1.54) is 0 Å². The average molecular weight is 378 g/mol. The minimum absolute atomic E-state index is 0.0206. The van der Waals surface area contributed by atoms with Gasteiger partial charge >= 0.3 is 11.9 Å². The first kappa shape index (κ1) is 18.3. The second-order valence-electron chi connectivity index (χ2n) is 8.22. The number of hydrogen-bond acceptors (Lipinski definition) is 7. The molecule has 0 bridgehead atoms. The predicted molar refractivity (Wildman–Crippen MR) is 92.8 cm³/mol. The topological polar surface area (TPSA) is 133 Å². The van der Waals surface area contributed by atoms with Crippen molar-refractivity contribution >= 4 is 11.9 Å². The summed E-state index contributed by atoms with van der Waals surface area (Å²) in [4.78, 5) is 25.1. The molecule has 2 aliphatic heterocycles. The fraction of sp³-hybridized carbons (Fsp3) is 0.824. The van der Waals surface area contributed by atoms with E-state index in [4.69, 9.17) is 0 Å². The van der Waals surface area contributed by atoms with Gasteiger partial charge in [0.2, 0.25) is 0 Å². The fourth-order valence-corrected chi connectivity index (χ4v) is 5.21. The first-order chi connectivity index (χ1) is 13.0. The molecule has 0 spiro atoms. The molecule has 148 valence electrons. The first-order valence-corrected chi connectivity index (χ1v) is 9.66. The molecule has 10 heteroatoms. The molecule has 6 atom stereocenters. The molecule has 4 rings (SSSR count). The summed E-state index contributed by atoms with van der Waals surface area (Å²) in [5, 5.41) is 33.3. The molecule has 1 aromatic heterocycles. The van der Waals surface area contributed by atoms with E-state index in [1.807, 2.05) is 0 Å². The van der Waals surface area contributed by atoms with E-state index < -0.39 is 24.0 Å². The number of likely N-dealkylation sites (tertiary alicyclic amines) is 1. The van der Waals surface area contributed by atoms with Crippen LogP contribution in [0.3, 0.4) is 0 Å². The van der Waals surface area contributed by atoms with Gasteiger partial charge in [0, 0.05) is 13.1 Å². The molecule has 0 unspecified atom stereocenters. The number of carboxylic acids is 2. The van der Waals surface area contributed by atoms with Gasteiger partial charge in [-0.25, -0.2) is 4.68 Å². The Morgan fingerprint density at radius 3 is 2.67 bits per heavy atom. The summed E-state index contributed by atoms with van der Waals surface area (Å²) in [7, 11) is 0. The van der Waals surface area contributed by atoms with Crippen molar-refractivity contribution in [1.82, 2.24) is 30.4 Å². The van der Waals surface area contributed by atoms with Gasteiger partial charge < -0.3 is 15.5 Å². The van der Waals surface area contributed by atoms with Crippen molar-refractivity contribution in [2.45, 2.75) is 50.2 Å². The highest BCUT2D eigenvalue weighted by Gasteiger charge is 2.42. The summed E-state index contributed by atoms with van der Waals surface area (Å²) >= 11 is 0. The molecule has 3 fully saturated rings. The molecule has 3 heterocycles. The van der Waals surface area contributed by atoms with Gasteiger partial charge in [-0.15, -0.1) is 5.10 Å². The third-order valence-corrected chi connectivity index (χ3v) is 6.61. The van der Waals surface area contributed by atoms with E-state index in [0.29, 0.717) is 37.1 Å². The first-order valence-electron chi connectivity index (χ1n) is 9.66. The number of nitrogens with zero attached hydrogens (tertiary/aromatic N) is 5. The van der Waals surface area contributed by atoms with Crippen molar-refractivity contribution < 1.29 is 19.8 Å². The predicted octanol–water partition coefficient (Wildman–Crippen LogP) is -0.148. The second-order valence-corrected chi connectivity index (χ2v) is 8.22. The lowest BCUT2D eigenvalue weighted by Crippen LogP contribution is -2.50. The Hall–Kier alpha value is -2.07. The molecular formula is C17H26N6O4. The van der Waals surface area contributed by atoms with Crippen LogP contribution in [0.4, 0.5) is 0 Å². The van der Waals surface area contributed by atoms with Gasteiger partial charge in [-0.1, -0.05) is 0 Å². The van der Waals surface area contributed by atoms with Crippen molar-refractivity contribution in [3.05, 3.63) is 6.33 Å². The number of nitrogens with one attached hydrogen (secondary N) is 1.